The van der Waals surface area contributed by atoms with Crippen molar-refractivity contribution in [1.82, 2.24) is 4.98 Å². The van der Waals surface area contributed by atoms with E-state index in [0.717, 1.165) is 5.56 Å². The zero-order chi connectivity index (χ0) is 14.7. The van der Waals surface area contributed by atoms with Crippen molar-refractivity contribution < 1.29 is 14.7 Å². The summed E-state index contributed by atoms with van der Waals surface area (Å²) >= 11 is 3.27. The summed E-state index contributed by atoms with van der Waals surface area (Å²) in [5.74, 6) is -1.44. The minimum atomic E-state index is -1.05. The Kier molecular flexibility index (Phi) is 4.14. The van der Waals surface area contributed by atoms with Crippen LogP contribution >= 0.6 is 15.9 Å². The van der Waals surface area contributed by atoms with E-state index in [1.165, 1.54) is 18.3 Å². The molecular weight excluding hydrogens is 324 g/mol. The van der Waals surface area contributed by atoms with Gasteiger partial charge in [-0.25, -0.2) is 4.79 Å². The molecule has 0 aliphatic heterocycles. The van der Waals surface area contributed by atoms with Crippen LogP contribution in [-0.4, -0.2) is 22.0 Å². The summed E-state index contributed by atoms with van der Waals surface area (Å²) in [5.41, 5.74) is 1.54. The zero-order valence-electron chi connectivity index (χ0n) is 10.6. The Labute approximate surface area is 123 Å². The minimum absolute atomic E-state index is 0.0984. The number of nitrogens with one attached hydrogen (secondary N) is 1. The highest BCUT2D eigenvalue weighted by molar-refractivity contribution is 9.10. The SMILES string of the molecule is Cc1cccnc1C(=O)Nc1cc(C(=O)O)ccc1Br. The number of aromatic carboxylic acids is 1. The maximum absolute atomic E-state index is 12.1. The molecular formula is C14H11BrN2O3. The average Bonchev–Trinajstić information content (AvgIpc) is 2.41. The highest BCUT2D eigenvalue weighted by atomic mass is 79.9. The van der Waals surface area contributed by atoms with Crippen LogP contribution in [0.2, 0.25) is 0 Å². The Morgan fingerprint density at radius 1 is 1.30 bits per heavy atom. The third kappa shape index (κ3) is 3.03. The molecule has 0 saturated heterocycles. The Morgan fingerprint density at radius 3 is 2.70 bits per heavy atom. The molecule has 0 radical (unpaired) electrons. The topological polar surface area (TPSA) is 79.3 Å². The fraction of sp³-hybridized carbons (Fsp3) is 0.0714. The van der Waals surface area contributed by atoms with Gasteiger partial charge in [0.05, 0.1) is 11.3 Å². The van der Waals surface area contributed by atoms with E-state index in [2.05, 4.69) is 26.2 Å². The minimum Gasteiger partial charge on any atom is -0.478 e. The maximum atomic E-state index is 12.1. The van der Waals surface area contributed by atoms with Gasteiger partial charge in [0, 0.05) is 10.7 Å². The maximum Gasteiger partial charge on any atom is 0.335 e. The molecule has 0 aliphatic carbocycles. The summed E-state index contributed by atoms with van der Waals surface area (Å²) in [6.45, 7) is 1.78. The fourth-order valence-corrected chi connectivity index (χ4v) is 2.00. The van der Waals surface area contributed by atoms with E-state index in [1.54, 1.807) is 25.1 Å². The fourth-order valence-electron chi connectivity index (χ4n) is 1.66. The van der Waals surface area contributed by atoms with Gasteiger partial charge in [-0.3, -0.25) is 9.78 Å². The molecule has 0 unspecified atom stereocenters. The molecule has 102 valence electrons. The lowest BCUT2D eigenvalue weighted by Gasteiger charge is -2.09. The van der Waals surface area contributed by atoms with Gasteiger partial charge in [-0.2, -0.15) is 0 Å². The number of carboxylic acids is 1. The van der Waals surface area contributed by atoms with Crippen molar-refractivity contribution in [3.63, 3.8) is 0 Å². The van der Waals surface area contributed by atoms with Crippen LogP contribution in [0, 0.1) is 6.92 Å². The number of aryl methyl sites for hydroxylation is 1. The van der Waals surface area contributed by atoms with Crippen LogP contribution in [-0.2, 0) is 0 Å². The van der Waals surface area contributed by atoms with Gasteiger partial charge in [0.25, 0.3) is 5.91 Å². The number of amides is 1. The average molecular weight is 335 g/mol. The number of pyridine rings is 1. The third-order valence-corrected chi connectivity index (χ3v) is 3.38. The highest BCUT2D eigenvalue weighted by Crippen LogP contribution is 2.24. The summed E-state index contributed by atoms with van der Waals surface area (Å²) in [5, 5.41) is 11.6. The number of hydrogen-bond donors (Lipinski definition) is 2. The molecule has 6 heteroatoms. The van der Waals surface area contributed by atoms with Crippen LogP contribution in [0.15, 0.2) is 41.0 Å². The van der Waals surface area contributed by atoms with Crippen molar-refractivity contribution in [2.45, 2.75) is 6.92 Å². The molecule has 2 N–H and O–H groups in total. The lowest BCUT2D eigenvalue weighted by molar-refractivity contribution is 0.0696. The number of nitrogens with zero attached hydrogens (tertiary/aromatic N) is 1. The third-order valence-electron chi connectivity index (χ3n) is 2.69. The molecule has 0 aliphatic rings. The molecule has 0 spiro atoms. The summed E-state index contributed by atoms with van der Waals surface area (Å²) in [6.07, 6.45) is 1.53. The van der Waals surface area contributed by atoms with E-state index >= 15 is 0 Å². The number of hydrogen-bond acceptors (Lipinski definition) is 3. The number of aromatic nitrogens is 1. The van der Waals surface area contributed by atoms with Crippen molar-refractivity contribution >= 4 is 33.5 Å². The first-order valence-corrected chi connectivity index (χ1v) is 6.54. The molecule has 0 atom stereocenters. The monoisotopic (exact) mass is 334 g/mol. The molecule has 1 heterocycles. The normalized spacial score (nSPS) is 10.1. The second-order valence-corrected chi connectivity index (χ2v) is 4.98. The Bertz CT molecular complexity index is 686. The molecule has 5 nitrogen and oxygen atoms in total. The van der Waals surface area contributed by atoms with Gasteiger partial charge in [-0.05, 0) is 52.7 Å². The Balaban J connectivity index is 2.30. The van der Waals surface area contributed by atoms with Crippen molar-refractivity contribution in [2.75, 3.05) is 5.32 Å². The van der Waals surface area contributed by atoms with Crippen LogP contribution in [0.25, 0.3) is 0 Å². The number of carbonyl (C=O) groups excluding carboxylic acids is 1. The van der Waals surface area contributed by atoms with Crippen LogP contribution in [0.4, 0.5) is 5.69 Å². The number of carbonyl (C=O) groups is 2. The first kappa shape index (κ1) is 14.2. The van der Waals surface area contributed by atoms with E-state index in [1.807, 2.05) is 0 Å². The van der Waals surface area contributed by atoms with Crippen molar-refractivity contribution in [1.29, 1.82) is 0 Å². The summed E-state index contributed by atoms with van der Waals surface area (Å²) in [6, 6.07) is 7.94. The molecule has 2 rings (SSSR count). The molecule has 1 amide bonds. The number of carboxylic acid groups (broad SMARTS) is 1. The van der Waals surface area contributed by atoms with E-state index < -0.39 is 5.97 Å². The van der Waals surface area contributed by atoms with Gasteiger partial charge in [0.2, 0.25) is 0 Å². The summed E-state index contributed by atoms with van der Waals surface area (Å²) < 4.78 is 0.601. The smallest absolute Gasteiger partial charge is 0.335 e. The molecule has 0 fully saturated rings. The van der Waals surface area contributed by atoms with Crippen LogP contribution < -0.4 is 5.32 Å². The van der Waals surface area contributed by atoms with Crippen molar-refractivity contribution in [3.05, 3.63) is 57.8 Å². The quantitative estimate of drug-likeness (QED) is 0.903. The van der Waals surface area contributed by atoms with Gasteiger partial charge in [0.15, 0.2) is 0 Å². The molecule has 1 aromatic carbocycles. The summed E-state index contributed by atoms with van der Waals surface area (Å²) in [4.78, 5) is 27.1. The Morgan fingerprint density at radius 2 is 2.05 bits per heavy atom. The molecule has 20 heavy (non-hydrogen) atoms. The molecule has 1 aromatic heterocycles. The van der Waals surface area contributed by atoms with E-state index in [4.69, 9.17) is 5.11 Å². The van der Waals surface area contributed by atoms with E-state index in [-0.39, 0.29) is 11.5 Å². The van der Waals surface area contributed by atoms with Crippen molar-refractivity contribution in [3.8, 4) is 0 Å². The first-order valence-electron chi connectivity index (χ1n) is 5.75. The number of anilines is 1. The predicted octanol–water partition coefficient (Wildman–Crippen LogP) is 3.10. The second kappa shape index (κ2) is 5.83. The van der Waals surface area contributed by atoms with E-state index in [9.17, 15) is 9.59 Å². The van der Waals surface area contributed by atoms with Gasteiger partial charge in [0.1, 0.15) is 5.69 Å². The molecule has 0 bridgehead atoms. The highest BCUT2D eigenvalue weighted by Gasteiger charge is 2.13. The van der Waals surface area contributed by atoms with Gasteiger partial charge in [-0.15, -0.1) is 0 Å². The molecule has 0 saturated carbocycles. The lowest BCUT2D eigenvalue weighted by atomic mass is 10.2. The van der Waals surface area contributed by atoms with Gasteiger partial charge < -0.3 is 10.4 Å². The first-order chi connectivity index (χ1) is 9.49. The van der Waals surface area contributed by atoms with Crippen LogP contribution in [0.5, 0.6) is 0 Å². The van der Waals surface area contributed by atoms with Crippen LogP contribution in [0.3, 0.4) is 0 Å². The van der Waals surface area contributed by atoms with Crippen molar-refractivity contribution in [2.24, 2.45) is 0 Å². The molecule has 2 aromatic rings. The second-order valence-electron chi connectivity index (χ2n) is 4.12. The number of halogens is 1. The Hall–Kier alpha value is -2.21. The number of rotatable bonds is 3. The number of benzene rings is 1. The largest absolute Gasteiger partial charge is 0.478 e. The standard InChI is InChI=1S/C14H11BrN2O3/c1-8-3-2-6-16-12(8)13(18)17-11-7-9(14(19)20)4-5-10(11)15/h2-7H,1H3,(H,17,18)(H,19,20). The zero-order valence-corrected chi connectivity index (χ0v) is 12.1. The van der Waals surface area contributed by atoms with E-state index in [0.29, 0.717) is 15.9 Å². The van der Waals surface area contributed by atoms with Crippen LogP contribution in [0.1, 0.15) is 26.4 Å². The van der Waals surface area contributed by atoms with Gasteiger partial charge in [-0.1, -0.05) is 6.07 Å². The van der Waals surface area contributed by atoms with Gasteiger partial charge >= 0.3 is 5.97 Å². The predicted molar refractivity (Wildman–Crippen MR) is 78.0 cm³/mol. The summed E-state index contributed by atoms with van der Waals surface area (Å²) in [7, 11) is 0. The lowest BCUT2D eigenvalue weighted by Crippen LogP contribution is -2.15.